The maximum Gasteiger partial charge on any atom is 0.275 e. The molecular weight excluding hydrogens is 454 g/mol. The summed E-state index contributed by atoms with van der Waals surface area (Å²) < 4.78 is 6.87. The summed E-state index contributed by atoms with van der Waals surface area (Å²) in [4.78, 5) is 14.9. The lowest BCUT2D eigenvalue weighted by atomic mass is 10.2. The fourth-order valence-corrected chi connectivity index (χ4v) is 3.60. The lowest BCUT2D eigenvalue weighted by Gasteiger charge is -2.20. The summed E-state index contributed by atoms with van der Waals surface area (Å²) in [5, 5.41) is 4.10. The molecule has 160 valence electrons. The molecule has 0 fully saturated rings. The molecule has 1 N–H and O–H groups in total. The largest absolute Gasteiger partial charge is 0.488 e. The van der Waals surface area contributed by atoms with Crippen molar-refractivity contribution in [1.82, 2.24) is 5.43 Å². The fraction of sp³-hybridized carbons (Fsp3) is 0.200. The van der Waals surface area contributed by atoms with E-state index in [0.717, 1.165) is 28.7 Å². The number of nitrogens with zero attached hydrogens (tertiary/aromatic N) is 2. The Kier molecular flexibility index (Phi) is 8.24. The van der Waals surface area contributed by atoms with Crippen molar-refractivity contribution in [2.45, 2.75) is 20.5 Å². The van der Waals surface area contributed by atoms with E-state index in [1.807, 2.05) is 42.5 Å². The lowest BCUT2D eigenvalue weighted by molar-refractivity contribution is 0.0950. The summed E-state index contributed by atoms with van der Waals surface area (Å²) >= 11 is 3.45. The molecule has 0 saturated carbocycles. The van der Waals surface area contributed by atoms with E-state index in [1.54, 1.807) is 24.4 Å². The van der Waals surface area contributed by atoms with Crippen LogP contribution in [0.25, 0.3) is 0 Å². The zero-order valence-electron chi connectivity index (χ0n) is 17.7. The van der Waals surface area contributed by atoms with Crippen molar-refractivity contribution in [1.29, 1.82) is 0 Å². The van der Waals surface area contributed by atoms with Crippen LogP contribution in [0.15, 0.2) is 82.4 Å². The van der Waals surface area contributed by atoms with Crippen LogP contribution in [0.3, 0.4) is 0 Å². The molecule has 6 heteroatoms. The first-order valence-electron chi connectivity index (χ1n) is 10.3. The minimum atomic E-state index is -0.319. The first kappa shape index (κ1) is 22.6. The molecule has 3 aromatic rings. The second kappa shape index (κ2) is 11.3. The van der Waals surface area contributed by atoms with Gasteiger partial charge in [0.25, 0.3) is 5.91 Å². The molecule has 0 aliphatic heterocycles. The molecular formula is C25H26BrN3O2. The van der Waals surface area contributed by atoms with E-state index >= 15 is 0 Å². The molecule has 0 bridgehead atoms. The van der Waals surface area contributed by atoms with Crippen LogP contribution in [0, 0.1) is 0 Å². The van der Waals surface area contributed by atoms with Crippen molar-refractivity contribution >= 4 is 33.7 Å². The van der Waals surface area contributed by atoms with E-state index in [4.69, 9.17) is 4.74 Å². The molecule has 0 atom stereocenters. The highest BCUT2D eigenvalue weighted by molar-refractivity contribution is 9.10. The van der Waals surface area contributed by atoms with Gasteiger partial charge in [-0.05, 0) is 61.4 Å². The molecule has 0 unspecified atom stereocenters. The Morgan fingerprint density at radius 2 is 1.77 bits per heavy atom. The summed E-state index contributed by atoms with van der Waals surface area (Å²) in [5.41, 5.74) is 6.12. The standard InChI is InChI=1S/C25H26BrN3O2/c1-3-29(4-2)22-14-12-19(13-15-22)17-27-28-25(30)23-10-5-6-11-24(23)31-18-20-8-7-9-21(26)16-20/h5-17H,3-4,18H2,1-2H3,(H,28,30). The molecule has 0 aliphatic rings. The van der Waals surface area contributed by atoms with E-state index in [-0.39, 0.29) is 5.91 Å². The number of hydrazone groups is 1. The molecule has 3 rings (SSSR count). The van der Waals surface area contributed by atoms with Gasteiger partial charge in [0.1, 0.15) is 12.4 Å². The van der Waals surface area contributed by atoms with Gasteiger partial charge in [0, 0.05) is 23.2 Å². The van der Waals surface area contributed by atoms with Crippen LogP contribution >= 0.6 is 15.9 Å². The number of carbonyl (C=O) groups excluding carboxylic acids is 1. The van der Waals surface area contributed by atoms with Crippen LogP contribution in [0.4, 0.5) is 5.69 Å². The average molecular weight is 480 g/mol. The Bertz CT molecular complexity index is 1030. The van der Waals surface area contributed by atoms with Crippen LogP contribution < -0.4 is 15.1 Å². The van der Waals surface area contributed by atoms with E-state index in [0.29, 0.717) is 17.9 Å². The van der Waals surface area contributed by atoms with Crippen molar-refractivity contribution in [2.75, 3.05) is 18.0 Å². The van der Waals surface area contributed by atoms with E-state index in [2.05, 4.69) is 57.3 Å². The molecule has 0 aromatic heterocycles. The number of nitrogens with one attached hydrogen (secondary N) is 1. The number of amides is 1. The number of benzene rings is 3. The zero-order valence-corrected chi connectivity index (χ0v) is 19.3. The molecule has 5 nitrogen and oxygen atoms in total. The maximum atomic E-state index is 12.6. The molecule has 0 aliphatic carbocycles. The van der Waals surface area contributed by atoms with Gasteiger partial charge in [-0.15, -0.1) is 0 Å². The van der Waals surface area contributed by atoms with Gasteiger partial charge >= 0.3 is 0 Å². The second-order valence-electron chi connectivity index (χ2n) is 6.88. The van der Waals surface area contributed by atoms with Crippen molar-refractivity contribution in [3.05, 3.63) is 94.0 Å². The third-order valence-corrected chi connectivity index (χ3v) is 5.31. The van der Waals surface area contributed by atoms with Crippen LogP contribution in [0.1, 0.15) is 35.3 Å². The molecule has 3 aromatic carbocycles. The van der Waals surface area contributed by atoms with Gasteiger partial charge in [-0.3, -0.25) is 4.79 Å². The third kappa shape index (κ3) is 6.43. The number of hydrogen-bond donors (Lipinski definition) is 1. The summed E-state index contributed by atoms with van der Waals surface area (Å²) in [6.45, 7) is 6.56. The topological polar surface area (TPSA) is 53.9 Å². The Labute approximate surface area is 191 Å². The van der Waals surface area contributed by atoms with E-state index < -0.39 is 0 Å². The van der Waals surface area contributed by atoms with Gasteiger partial charge in [-0.25, -0.2) is 5.43 Å². The van der Waals surface area contributed by atoms with Crippen molar-refractivity contribution in [3.63, 3.8) is 0 Å². The number of ether oxygens (including phenoxy) is 1. The Morgan fingerprint density at radius 3 is 2.48 bits per heavy atom. The highest BCUT2D eigenvalue weighted by Crippen LogP contribution is 2.20. The number of carbonyl (C=O) groups is 1. The summed E-state index contributed by atoms with van der Waals surface area (Å²) in [6, 6.07) is 23.1. The van der Waals surface area contributed by atoms with Crippen molar-refractivity contribution in [3.8, 4) is 5.75 Å². The molecule has 0 saturated heterocycles. The average Bonchev–Trinajstić information content (AvgIpc) is 2.80. The zero-order chi connectivity index (χ0) is 22.1. The SMILES string of the molecule is CCN(CC)c1ccc(C=NNC(=O)c2ccccc2OCc2cccc(Br)c2)cc1. The first-order valence-corrected chi connectivity index (χ1v) is 11.0. The Balaban J connectivity index is 1.61. The van der Waals surface area contributed by atoms with Gasteiger partial charge in [-0.2, -0.15) is 5.10 Å². The fourth-order valence-electron chi connectivity index (χ4n) is 3.15. The first-order chi connectivity index (χ1) is 15.1. The van der Waals surface area contributed by atoms with Crippen LogP contribution in [-0.4, -0.2) is 25.2 Å². The molecule has 0 heterocycles. The van der Waals surface area contributed by atoms with Crippen LogP contribution in [0.2, 0.25) is 0 Å². The monoisotopic (exact) mass is 479 g/mol. The Hall–Kier alpha value is -3.12. The van der Waals surface area contributed by atoms with E-state index in [1.165, 1.54) is 5.69 Å². The summed E-state index contributed by atoms with van der Waals surface area (Å²) in [5.74, 6) is 0.194. The smallest absolute Gasteiger partial charge is 0.275 e. The Morgan fingerprint density at radius 1 is 1.03 bits per heavy atom. The minimum Gasteiger partial charge on any atom is -0.488 e. The molecule has 31 heavy (non-hydrogen) atoms. The maximum absolute atomic E-state index is 12.6. The number of anilines is 1. The van der Waals surface area contributed by atoms with Crippen molar-refractivity contribution < 1.29 is 9.53 Å². The molecule has 0 spiro atoms. The lowest BCUT2D eigenvalue weighted by Crippen LogP contribution is -2.21. The molecule has 0 radical (unpaired) electrons. The third-order valence-electron chi connectivity index (χ3n) is 4.82. The predicted octanol–water partition coefficient (Wildman–Crippen LogP) is 5.64. The normalized spacial score (nSPS) is 10.8. The van der Waals surface area contributed by atoms with Gasteiger partial charge < -0.3 is 9.64 Å². The number of halogens is 1. The van der Waals surface area contributed by atoms with Gasteiger partial charge in [-0.1, -0.05) is 52.3 Å². The minimum absolute atomic E-state index is 0.319. The predicted molar refractivity (Wildman–Crippen MR) is 130 cm³/mol. The van der Waals surface area contributed by atoms with Gasteiger partial charge in [0.15, 0.2) is 0 Å². The molecule has 1 amide bonds. The number of hydrogen-bond acceptors (Lipinski definition) is 4. The van der Waals surface area contributed by atoms with Crippen LogP contribution in [0.5, 0.6) is 5.75 Å². The number of rotatable bonds is 9. The van der Waals surface area contributed by atoms with Crippen molar-refractivity contribution in [2.24, 2.45) is 5.10 Å². The summed E-state index contributed by atoms with van der Waals surface area (Å²) in [7, 11) is 0. The van der Waals surface area contributed by atoms with Gasteiger partial charge in [0.2, 0.25) is 0 Å². The van der Waals surface area contributed by atoms with E-state index in [9.17, 15) is 4.79 Å². The van der Waals surface area contributed by atoms with Crippen LogP contribution in [-0.2, 0) is 6.61 Å². The highest BCUT2D eigenvalue weighted by Gasteiger charge is 2.11. The second-order valence-corrected chi connectivity index (χ2v) is 7.79. The van der Waals surface area contributed by atoms with Gasteiger partial charge in [0.05, 0.1) is 11.8 Å². The highest BCUT2D eigenvalue weighted by atomic mass is 79.9. The summed E-state index contributed by atoms with van der Waals surface area (Å²) in [6.07, 6.45) is 1.63. The quantitative estimate of drug-likeness (QED) is 0.319. The number of para-hydroxylation sites is 1.